The Labute approximate surface area is 167 Å². The van der Waals surface area contributed by atoms with Gasteiger partial charge in [-0.1, -0.05) is 0 Å². The van der Waals surface area contributed by atoms with Crippen molar-refractivity contribution in [2.45, 2.75) is 93.2 Å². The van der Waals surface area contributed by atoms with Gasteiger partial charge in [-0.3, -0.25) is 0 Å². The molecule has 3 heteroatoms. The maximum atomic E-state index is 7.28. The van der Waals surface area contributed by atoms with Gasteiger partial charge in [-0.05, 0) is 0 Å². The van der Waals surface area contributed by atoms with Crippen LogP contribution in [0.3, 0.4) is 0 Å². The number of benzene rings is 1. The van der Waals surface area contributed by atoms with Gasteiger partial charge in [0.1, 0.15) is 0 Å². The molecule has 148 valence electrons. The summed E-state index contributed by atoms with van der Waals surface area (Å²) in [6, 6.07) is 9.30. The molecule has 0 atom stereocenters. The van der Waals surface area contributed by atoms with E-state index in [1.54, 1.807) is 3.58 Å². The van der Waals surface area contributed by atoms with Crippen LogP contribution < -0.4 is 3.58 Å². The second kappa shape index (κ2) is 11.7. The normalized spacial score (nSPS) is 16.3. The molecule has 1 aromatic carbocycles. The Hall–Kier alpha value is -0.0613. The summed E-state index contributed by atoms with van der Waals surface area (Å²) >= 11 is -2.88. The van der Waals surface area contributed by atoms with Crippen molar-refractivity contribution in [2.24, 2.45) is 0 Å². The Bertz CT molecular complexity index is 503. The van der Waals surface area contributed by atoms with Crippen LogP contribution >= 0.6 is 0 Å². The van der Waals surface area contributed by atoms with Crippen molar-refractivity contribution in [3.05, 3.63) is 29.8 Å². The zero-order valence-electron chi connectivity index (χ0n) is 17.7. The Kier molecular flexibility index (Phi) is 10.0. The third kappa shape index (κ3) is 6.52. The van der Waals surface area contributed by atoms with Gasteiger partial charge in [-0.15, -0.1) is 0 Å². The van der Waals surface area contributed by atoms with E-state index < -0.39 is 18.8 Å². The van der Waals surface area contributed by atoms with Gasteiger partial charge < -0.3 is 0 Å². The number of unbranched alkanes of at least 4 members (excludes halogenated alkanes) is 2. The van der Waals surface area contributed by atoms with E-state index in [9.17, 15) is 0 Å². The number of hydrogen-bond donors (Lipinski definition) is 0. The standard InChI is InChI=1S/C9H12N.C6H11O.2C4H9.Sn/c1-10(2)8-9-6-4-3-5-7-9;7-6-4-2-1-3-5-6;2*1-3-4-2;/h3-6H,8H2,1-2H3;6H,1-5H2;2*1,3-4H2,2H3;/q;-1;;;+1. The van der Waals surface area contributed by atoms with E-state index in [1.165, 1.54) is 72.2 Å². The molecule has 26 heavy (non-hydrogen) atoms. The van der Waals surface area contributed by atoms with Crippen molar-refractivity contribution in [3.8, 4) is 0 Å². The van der Waals surface area contributed by atoms with Gasteiger partial charge in [0.2, 0.25) is 0 Å². The molecule has 2 nitrogen and oxygen atoms in total. The van der Waals surface area contributed by atoms with E-state index in [4.69, 9.17) is 3.07 Å². The van der Waals surface area contributed by atoms with Crippen molar-refractivity contribution in [1.29, 1.82) is 0 Å². The molecule has 1 fully saturated rings. The molecular weight excluding hydrogens is 425 g/mol. The zero-order valence-corrected chi connectivity index (χ0v) is 20.6. The first-order valence-electron chi connectivity index (χ1n) is 11.0. The summed E-state index contributed by atoms with van der Waals surface area (Å²) in [5, 5.41) is 0. The third-order valence-electron chi connectivity index (χ3n) is 5.81. The van der Waals surface area contributed by atoms with Gasteiger partial charge in [0, 0.05) is 0 Å². The van der Waals surface area contributed by atoms with E-state index in [2.05, 4.69) is 57.1 Å². The zero-order chi connectivity index (χ0) is 18.8. The summed E-state index contributed by atoms with van der Waals surface area (Å²) in [5.74, 6) is 0. The first kappa shape index (κ1) is 22.2. The van der Waals surface area contributed by atoms with Crippen molar-refractivity contribution < 1.29 is 3.07 Å². The van der Waals surface area contributed by atoms with Crippen LogP contribution in [-0.2, 0) is 9.62 Å². The Morgan fingerprint density at radius 2 is 1.58 bits per heavy atom. The van der Waals surface area contributed by atoms with Crippen LogP contribution in [0.25, 0.3) is 0 Å². The second-order valence-corrected chi connectivity index (χ2v) is 19.2. The minimum absolute atomic E-state index is 0.542. The predicted molar refractivity (Wildman–Crippen MR) is 117 cm³/mol. The summed E-state index contributed by atoms with van der Waals surface area (Å²) in [6.07, 6.45) is 12.5. The van der Waals surface area contributed by atoms with E-state index in [1.807, 2.05) is 0 Å². The molecule has 0 N–H and O–H groups in total. The van der Waals surface area contributed by atoms with Crippen LogP contribution in [0.5, 0.6) is 0 Å². The van der Waals surface area contributed by atoms with Crippen molar-refractivity contribution in [3.63, 3.8) is 0 Å². The molecule has 2 rings (SSSR count). The van der Waals surface area contributed by atoms with E-state index in [0.29, 0.717) is 6.10 Å². The molecule has 1 aliphatic carbocycles. The number of hydrogen-bond acceptors (Lipinski definition) is 2. The average Bonchev–Trinajstić information content (AvgIpc) is 2.65. The van der Waals surface area contributed by atoms with Crippen molar-refractivity contribution in [1.82, 2.24) is 4.90 Å². The molecule has 0 amide bonds. The Morgan fingerprint density at radius 3 is 2.15 bits per heavy atom. The first-order chi connectivity index (χ1) is 12.6. The molecule has 1 aliphatic rings. The third-order valence-corrected chi connectivity index (χ3v) is 18.9. The maximum absolute atomic E-state index is 7.28. The van der Waals surface area contributed by atoms with Crippen molar-refractivity contribution >= 4 is 22.4 Å². The molecule has 0 spiro atoms. The van der Waals surface area contributed by atoms with Crippen LogP contribution in [-0.4, -0.2) is 43.9 Å². The van der Waals surface area contributed by atoms with E-state index in [-0.39, 0.29) is 0 Å². The van der Waals surface area contributed by atoms with Gasteiger partial charge in [0.05, 0.1) is 0 Å². The van der Waals surface area contributed by atoms with Crippen LogP contribution in [0.2, 0.25) is 8.87 Å². The monoisotopic (exact) mass is 467 g/mol. The van der Waals surface area contributed by atoms with E-state index >= 15 is 0 Å². The average molecular weight is 466 g/mol. The molecular formula is C23H41NOSn. The summed E-state index contributed by atoms with van der Waals surface area (Å²) in [7, 11) is 4.38. The fourth-order valence-electron chi connectivity index (χ4n) is 4.45. The van der Waals surface area contributed by atoms with Gasteiger partial charge in [-0.2, -0.15) is 0 Å². The van der Waals surface area contributed by atoms with Crippen LogP contribution in [0.15, 0.2) is 24.3 Å². The summed E-state index contributed by atoms with van der Waals surface area (Å²) in [4.78, 5) is 2.32. The minimum atomic E-state index is -2.88. The molecule has 1 aromatic rings. The molecule has 0 aromatic heterocycles. The summed E-state index contributed by atoms with van der Waals surface area (Å²) in [6.45, 7) is 5.71. The van der Waals surface area contributed by atoms with Crippen LogP contribution in [0.4, 0.5) is 0 Å². The number of nitrogens with zero attached hydrogens (tertiary/aromatic N) is 1. The molecule has 1 saturated carbocycles. The quantitative estimate of drug-likeness (QED) is 0.380. The Morgan fingerprint density at radius 1 is 0.962 bits per heavy atom. The summed E-state index contributed by atoms with van der Waals surface area (Å²) < 4.78 is 11.7. The molecule has 0 radical (unpaired) electrons. The molecule has 0 bridgehead atoms. The molecule has 0 aliphatic heterocycles. The van der Waals surface area contributed by atoms with Crippen LogP contribution in [0.1, 0.15) is 77.2 Å². The summed E-state index contributed by atoms with van der Waals surface area (Å²) in [5.41, 5.74) is 1.54. The SMILES string of the molecule is CCC[CH2][Sn]([CH2]CCC)([O]C1CCCCC1)[c]1ccccc1CN(C)C. The van der Waals surface area contributed by atoms with Gasteiger partial charge >= 0.3 is 167 Å². The van der Waals surface area contributed by atoms with E-state index in [0.717, 1.165) is 6.54 Å². The second-order valence-electron chi connectivity index (χ2n) is 8.47. The fourth-order valence-corrected chi connectivity index (χ4v) is 18.8. The van der Waals surface area contributed by atoms with Gasteiger partial charge in [0.15, 0.2) is 0 Å². The van der Waals surface area contributed by atoms with Gasteiger partial charge in [0.25, 0.3) is 0 Å². The van der Waals surface area contributed by atoms with Crippen LogP contribution in [0, 0.1) is 0 Å². The molecule has 0 unspecified atom stereocenters. The first-order valence-corrected chi connectivity index (χ1v) is 17.6. The molecule has 0 heterocycles. The number of rotatable bonds is 11. The predicted octanol–water partition coefficient (Wildman–Crippen LogP) is 5.85. The van der Waals surface area contributed by atoms with Gasteiger partial charge in [-0.25, -0.2) is 0 Å². The topological polar surface area (TPSA) is 12.5 Å². The molecule has 0 saturated heterocycles. The fraction of sp³-hybridized carbons (Fsp3) is 0.739. The van der Waals surface area contributed by atoms with Crippen molar-refractivity contribution in [2.75, 3.05) is 14.1 Å². The Balaban J connectivity index is 2.38.